The lowest BCUT2D eigenvalue weighted by Gasteiger charge is -2.32. The Morgan fingerprint density at radius 3 is 2.48 bits per heavy atom. The number of aromatic nitrogens is 2. The molecule has 1 heterocycles. The fraction of sp³-hybridized carbons (Fsp3) is 0.480. The number of ether oxygens (including phenoxy) is 1. The van der Waals surface area contributed by atoms with Gasteiger partial charge in [-0.05, 0) is 64.0 Å². The van der Waals surface area contributed by atoms with Crippen molar-refractivity contribution >= 4 is 30.0 Å². The molecule has 1 aliphatic rings. The van der Waals surface area contributed by atoms with Crippen molar-refractivity contribution in [2.45, 2.75) is 59.4 Å². The molecule has 1 fully saturated rings. The second-order valence-corrected chi connectivity index (χ2v) is 8.55. The topological polar surface area (TPSA) is 64.4 Å². The molecule has 1 aromatic carbocycles. The Morgan fingerprint density at radius 2 is 1.87 bits per heavy atom. The van der Waals surface area contributed by atoms with E-state index in [1.165, 1.54) is 0 Å². The van der Waals surface area contributed by atoms with Crippen LogP contribution in [0.5, 0.6) is 0 Å². The second kappa shape index (κ2) is 10.4. The van der Waals surface area contributed by atoms with Crippen LogP contribution in [0.1, 0.15) is 69.3 Å². The van der Waals surface area contributed by atoms with Crippen molar-refractivity contribution in [2.75, 3.05) is 11.5 Å². The zero-order valence-corrected chi connectivity index (χ0v) is 19.0. The van der Waals surface area contributed by atoms with Crippen LogP contribution in [0, 0.1) is 11.8 Å². The molecule has 2 aromatic rings. The molecule has 1 amide bonds. The molecule has 0 atom stereocenters. The molecule has 1 aliphatic carbocycles. The summed E-state index contributed by atoms with van der Waals surface area (Å²) in [4.78, 5) is 27.8. The lowest BCUT2D eigenvalue weighted by molar-refractivity contribution is -0.123. The predicted octanol–water partition coefficient (Wildman–Crippen LogP) is 5.26. The first-order valence-electron chi connectivity index (χ1n) is 11.2. The molecular formula is C25H33N3O3. The molecule has 0 unspecified atom stereocenters. The van der Waals surface area contributed by atoms with E-state index in [0.29, 0.717) is 17.3 Å². The second-order valence-electron chi connectivity index (χ2n) is 8.55. The number of carbonyl (C=O) groups excluding carboxylic acids is 2. The van der Waals surface area contributed by atoms with E-state index in [1.54, 1.807) is 28.9 Å². The Kier molecular flexibility index (Phi) is 7.66. The first kappa shape index (κ1) is 22.8. The minimum absolute atomic E-state index is 0.0290. The van der Waals surface area contributed by atoms with Crippen molar-refractivity contribution in [1.29, 1.82) is 0 Å². The highest BCUT2D eigenvalue weighted by Crippen LogP contribution is 2.32. The molecular weight excluding hydrogens is 390 g/mol. The quantitative estimate of drug-likeness (QED) is 0.570. The van der Waals surface area contributed by atoms with Gasteiger partial charge in [-0.1, -0.05) is 37.3 Å². The number of hydrogen-bond acceptors (Lipinski definition) is 4. The van der Waals surface area contributed by atoms with Gasteiger partial charge in [0.1, 0.15) is 5.56 Å². The number of esters is 1. The maximum atomic E-state index is 13.5. The normalized spacial score (nSPS) is 19.0. The van der Waals surface area contributed by atoms with Gasteiger partial charge in [0.05, 0.1) is 6.61 Å². The minimum Gasteiger partial charge on any atom is -0.462 e. The molecule has 0 spiro atoms. The average Bonchev–Trinajstić information content (AvgIpc) is 3.17. The van der Waals surface area contributed by atoms with E-state index in [-0.39, 0.29) is 24.5 Å². The summed E-state index contributed by atoms with van der Waals surface area (Å²) in [6.45, 7) is 8.18. The molecule has 0 bridgehead atoms. The first-order chi connectivity index (χ1) is 14.9. The average molecular weight is 424 g/mol. The molecule has 31 heavy (non-hydrogen) atoms. The third kappa shape index (κ3) is 5.63. The lowest BCUT2D eigenvalue weighted by atomic mass is 9.82. The number of hydrogen-bond donors (Lipinski definition) is 0. The lowest BCUT2D eigenvalue weighted by Crippen LogP contribution is -2.43. The number of benzene rings is 1. The number of anilines is 1. The van der Waals surface area contributed by atoms with E-state index in [1.807, 2.05) is 50.3 Å². The van der Waals surface area contributed by atoms with Gasteiger partial charge in [-0.2, -0.15) is 0 Å². The minimum atomic E-state index is -0.465. The van der Waals surface area contributed by atoms with Crippen LogP contribution in [0.15, 0.2) is 36.5 Å². The number of carbonyl (C=O) groups is 2. The largest absolute Gasteiger partial charge is 0.462 e. The highest BCUT2D eigenvalue weighted by molar-refractivity contribution is 6.02. The molecule has 1 saturated carbocycles. The summed E-state index contributed by atoms with van der Waals surface area (Å²) in [7, 11) is 0. The summed E-state index contributed by atoms with van der Waals surface area (Å²) in [6, 6.07) is 9.73. The van der Waals surface area contributed by atoms with Gasteiger partial charge >= 0.3 is 5.97 Å². The smallest absolute Gasteiger partial charge is 0.343 e. The number of rotatable bonds is 7. The Labute approximate surface area is 184 Å². The van der Waals surface area contributed by atoms with Crippen LogP contribution in [0.2, 0.25) is 0 Å². The van der Waals surface area contributed by atoms with Gasteiger partial charge < -0.3 is 4.74 Å². The zero-order chi connectivity index (χ0) is 22.4. The van der Waals surface area contributed by atoms with Gasteiger partial charge in [-0.3, -0.25) is 9.69 Å². The Morgan fingerprint density at radius 1 is 1.19 bits per heavy atom. The summed E-state index contributed by atoms with van der Waals surface area (Å²) in [6.07, 6.45) is 9.21. The SMILES string of the molecule is CCOC(=O)c1cn(C=Cc2ccccc2)nc1N(C(=O)C1CCC(C)CC1)C(C)C. The molecule has 1 aromatic heterocycles. The summed E-state index contributed by atoms with van der Waals surface area (Å²) in [5.74, 6) is 0.583. The van der Waals surface area contributed by atoms with Crippen molar-refractivity contribution in [3.05, 3.63) is 47.7 Å². The predicted molar refractivity (Wildman–Crippen MR) is 124 cm³/mol. The van der Waals surface area contributed by atoms with Gasteiger partial charge in [0.15, 0.2) is 5.82 Å². The monoisotopic (exact) mass is 423 g/mol. The van der Waals surface area contributed by atoms with Gasteiger partial charge in [0, 0.05) is 24.4 Å². The Balaban J connectivity index is 1.94. The van der Waals surface area contributed by atoms with Gasteiger partial charge in [-0.15, -0.1) is 5.10 Å². The van der Waals surface area contributed by atoms with E-state index < -0.39 is 5.97 Å². The van der Waals surface area contributed by atoms with Crippen LogP contribution in [0.25, 0.3) is 12.3 Å². The summed E-state index contributed by atoms with van der Waals surface area (Å²) < 4.78 is 6.84. The van der Waals surface area contributed by atoms with Gasteiger partial charge in [-0.25, -0.2) is 9.48 Å². The van der Waals surface area contributed by atoms with Gasteiger partial charge in [0.25, 0.3) is 0 Å². The highest BCUT2D eigenvalue weighted by atomic mass is 16.5. The van der Waals surface area contributed by atoms with Crippen molar-refractivity contribution in [3.63, 3.8) is 0 Å². The molecule has 3 rings (SSSR count). The molecule has 6 nitrogen and oxygen atoms in total. The highest BCUT2D eigenvalue weighted by Gasteiger charge is 2.34. The van der Waals surface area contributed by atoms with E-state index in [0.717, 1.165) is 31.2 Å². The third-order valence-corrected chi connectivity index (χ3v) is 5.77. The summed E-state index contributed by atoms with van der Waals surface area (Å²) >= 11 is 0. The number of nitrogens with zero attached hydrogens (tertiary/aromatic N) is 3. The fourth-order valence-electron chi connectivity index (χ4n) is 4.02. The van der Waals surface area contributed by atoms with Gasteiger partial charge in [0.2, 0.25) is 5.91 Å². The molecule has 0 radical (unpaired) electrons. The third-order valence-electron chi connectivity index (χ3n) is 5.77. The number of amides is 1. The van der Waals surface area contributed by atoms with E-state index in [4.69, 9.17) is 4.74 Å². The molecule has 166 valence electrons. The molecule has 6 heteroatoms. The van der Waals surface area contributed by atoms with Crippen LogP contribution >= 0.6 is 0 Å². The molecule has 0 saturated heterocycles. The Hall–Kier alpha value is -2.89. The maximum absolute atomic E-state index is 13.5. The Bertz CT molecular complexity index is 909. The van der Waals surface area contributed by atoms with E-state index in [9.17, 15) is 9.59 Å². The van der Waals surface area contributed by atoms with Crippen LogP contribution in [0.4, 0.5) is 5.82 Å². The first-order valence-corrected chi connectivity index (χ1v) is 11.2. The van der Waals surface area contributed by atoms with E-state index in [2.05, 4.69) is 12.0 Å². The summed E-state index contributed by atoms with van der Waals surface area (Å²) in [5.41, 5.74) is 1.33. The van der Waals surface area contributed by atoms with Crippen molar-refractivity contribution in [3.8, 4) is 0 Å². The van der Waals surface area contributed by atoms with Crippen molar-refractivity contribution < 1.29 is 14.3 Å². The summed E-state index contributed by atoms with van der Waals surface area (Å²) in [5, 5.41) is 4.62. The maximum Gasteiger partial charge on any atom is 0.343 e. The fourth-order valence-corrected chi connectivity index (χ4v) is 4.02. The molecule has 0 aliphatic heterocycles. The van der Waals surface area contributed by atoms with Crippen LogP contribution in [-0.4, -0.2) is 34.3 Å². The standard InChI is InChI=1S/C25H33N3O3/c1-5-31-25(30)22-17-27(16-15-20-9-7-6-8-10-20)26-23(22)28(18(2)3)24(29)21-13-11-19(4)12-14-21/h6-10,15-19,21H,5,11-14H2,1-4H3. The van der Waals surface area contributed by atoms with Crippen molar-refractivity contribution in [2.24, 2.45) is 11.8 Å². The van der Waals surface area contributed by atoms with E-state index >= 15 is 0 Å². The van der Waals surface area contributed by atoms with Crippen LogP contribution in [-0.2, 0) is 9.53 Å². The van der Waals surface area contributed by atoms with Crippen LogP contribution in [0.3, 0.4) is 0 Å². The van der Waals surface area contributed by atoms with Crippen LogP contribution < -0.4 is 4.90 Å². The zero-order valence-electron chi connectivity index (χ0n) is 19.0. The van der Waals surface area contributed by atoms with Crippen molar-refractivity contribution in [1.82, 2.24) is 9.78 Å². The molecule has 0 N–H and O–H groups in total.